The Labute approximate surface area is 190 Å². The largest absolute Gasteiger partial charge is 0.349 e. The van der Waals surface area contributed by atoms with Crippen LogP contribution < -0.4 is 5.32 Å². The number of likely N-dealkylation sites (tertiary alicyclic amines) is 1. The molecular formula is C26H32N4O2. The molecule has 0 radical (unpaired) electrons. The van der Waals surface area contributed by atoms with E-state index in [-0.39, 0.29) is 17.9 Å². The van der Waals surface area contributed by atoms with Crippen LogP contribution in [0.5, 0.6) is 0 Å². The molecule has 1 aliphatic rings. The van der Waals surface area contributed by atoms with Gasteiger partial charge >= 0.3 is 0 Å². The first-order valence-corrected chi connectivity index (χ1v) is 11.4. The number of rotatable bonds is 6. The summed E-state index contributed by atoms with van der Waals surface area (Å²) in [7, 11) is 0. The minimum absolute atomic E-state index is 0.00926. The van der Waals surface area contributed by atoms with Gasteiger partial charge in [0.1, 0.15) is 0 Å². The zero-order valence-electron chi connectivity index (χ0n) is 19.4. The van der Waals surface area contributed by atoms with E-state index in [9.17, 15) is 4.79 Å². The lowest BCUT2D eigenvalue weighted by Crippen LogP contribution is -2.43. The number of aromatic nitrogens is 2. The fourth-order valence-electron chi connectivity index (χ4n) is 4.27. The summed E-state index contributed by atoms with van der Waals surface area (Å²) in [4.78, 5) is 19.8. The van der Waals surface area contributed by atoms with Crippen LogP contribution in [0.25, 0.3) is 11.4 Å². The fourth-order valence-corrected chi connectivity index (χ4v) is 4.27. The molecule has 32 heavy (non-hydrogen) atoms. The number of hydrogen-bond donors (Lipinski definition) is 1. The molecule has 1 N–H and O–H groups in total. The van der Waals surface area contributed by atoms with Gasteiger partial charge in [0.25, 0.3) is 0 Å². The van der Waals surface area contributed by atoms with Crippen molar-refractivity contribution in [2.24, 2.45) is 5.92 Å². The van der Waals surface area contributed by atoms with E-state index in [4.69, 9.17) is 4.52 Å². The Kier molecular flexibility index (Phi) is 6.70. The van der Waals surface area contributed by atoms with Gasteiger partial charge in [0.15, 0.2) is 0 Å². The Bertz CT molecular complexity index is 1090. The molecule has 6 nitrogen and oxygen atoms in total. The van der Waals surface area contributed by atoms with E-state index in [1.165, 1.54) is 11.1 Å². The maximum absolute atomic E-state index is 13.0. The first-order chi connectivity index (χ1) is 15.4. The minimum Gasteiger partial charge on any atom is -0.349 e. The topological polar surface area (TPSA) is 71.3 Å². The zero-order chi connectivity index (χ0) is 22.7. The highest BCUT2D eigenvalue weighted by Gasteiger charge is 2.28. The molecule has 0 bridgehead atoms. The normalized spacial score (nSPS) is 17.8. The number of carbonyl (C=O) groups excluding carboxylic acids is 1. The lowest BCUT2D eigenvalue weighted by Gasteiger charge is -2.31. The van der Waals surface area contributed by atoms with Gasteiger partial charge in [-0.3, -0.25) is 9.69 Å². The number of benzene rings is 2. The van der Waals surface area contributed by atoms with Gasteiger partial charge in [-0.05, 0) is 69.8 Å². The first-order valence-electron chi connectivity index (χ1n) is 11.4. The Balaban J connectivity index is 1.35. The molecule has 0 aliphatic carbocycles. The predicted octanol–water partition coefficient (Wildman–Crippen LogP) is 4.75. The summed E-state index contributed by atoms with van der Waals surface area (Å²) in [5.74, 6) is 1.28. The second-order valence-corrected chi connectivity index (χ2v) is 9.03. The zero-order valence-corrected chi connectivity index (χ0v) is 19.4. The molecule has 1 amide bonds. The number of hydrogen-bond acceptors (Lipinski definition) is 5. The maximum atomic E-state index is 13.0. The maximum Gasteiger partial charge on any atom is 0.241 e. The predicted molar refractivity (Wildman–Crippen MR) is 125 cm³/mol. The fraction of sp³-hybridized carbons (Fsp3) is 0.423. The number of nitrogens with zero attached hydrogens (tertiary/aromatic N) is 3. The van der Waals surface area contributed by atoms with E-state index in [0.29, 0.717) is 24.8 Å². The molecule has 2 aromatic carbocycles. The van der Waals surface area contributed by atoms with Crippen molar-refractivity contribution in [3.63, 3.8) is 0 Å². The molecule has 2 heterocycles. The van der Waals surface area contributed by atoms with Gasteiger partial charge in [0, 0.05) is 12.1 Å². The molecule has 3 aromatic rings. The molecule has 168 valence electrons. The van der Waals surface area contributed by atoms with E-state index in [0.717, 1.165) is 36.1 Å². The summed E-state index contributed by atoms with van der Waals surface area (Å²) in [6, 6.07) is 14.4. The molecule has 0 saturated carbocycles. The quantitative estimate of drug-likeness (QED) is 0.609. The number of amides is 1. The van der Waals surface area contributed by atoms with Crippen molar-refractivity contribution in [3.8, 4) is 11.4 Å². The van der Waals surface area contributed by atoms with Gasteiger partial charge in [-0.2, -0.15) is 4.98 Å². The number of nitrogens with one attached hydrogen (secondary N) is 1. The average Bonchev–Trinajstić information content (AvgIpc) is 3.24. The van der Waals surface area contributed by atoms with Crippen LogP contribution in [0.4, 0.5) is 0 Å². The van der Waals surface area contributed by atoms with E-state index in [1.54, 1.807) is 0 Å². The van der Waals surface area contributed by atoms with Gasteiger partial charge in [-0.25, -0.2) is 0 Å². The summed E-state index contributed by atoms with van der Waals surface area (Å²) in [5.41, 5.74) is 5.77. The summed E-state index contributed by atoms with van der Waals surface area (Å²) in [5, 5.41) is 7.35. The minimum atomic E-state index is -0.0306. The Morgan fingerprint density at radius 3 is 2.81 bits per heavy atom. The Hall–Kier alpha value is -2.99. The Morgan fingerprint density at radius 1 is 1.19 bits per heavy atom. The van der Waals surface area contributed by atoms with Gasteiger partial charge in [-0.15, -0.1) is 0 Å². The van der Waals surface area contributed by atoms with Crippen molar-refractivity contribution in [2.75, 3.05) is 13.1 Å². The molecule has 1 aromatic heterocycles. The van der Waals surface area contributed by atoms with Crippen LogP contribution in [0.2, 0.25) is 0 Å². The second-order valence-electron chi connectivity index (χ2n) is 9.03. The third-order valence-corrected chi connectivity index (χ3v) is 6.37. The van der Waals surface area contributed by atoms with Crippen LogP contribution >= 0.6 is 0 Å². The molecule has 0 spiro atoms. The highest BCUT2D eigenvalue weighted by Crippen LogP contribution is 2.23. The second kappa shape index (κ2) is 9.65. The smallest absolute Gasteiger partial charge is 0.241 e. The van der Waals surface area contributed by atoms with Gasteiger partial charge in [0.05, 0.1) is 18.5 Å². The van der Waals surface area contributed by atoms with Gasteiger partial charge < -0.3 is 9.84 Å². The number of piperidine rings is 1. The average molecular weight is 433 g/mol. The van der Waals surface area contributed by atoms with Crippen LogP contribution in [0.1, 0.15) is 54.0 Å². The molecule has 1 saturated heterocycles. The molecule has 6 heteroatoms. The van der Waals surface area contributed by atoms with Crippen molar-refractivity contribution in [2.45, 2.75) is 53.1 Å². The van der Waals surface area contributed by atoms with E-state index >= 15 is 0 Å². The third-order valence-electron chi connectivity index (χ3n) is 6.37. The lowest BCUT2D eigenvalue weighted by molar-refractivity contribution is -0.127. The SMILES string of the molecule is Cc1cccc(-c2noc(CN3CCCC(C(=O)NC(C)c4ccc(C)c(C)c4)C3)n2)c1. The molecule has 1 fully saturated rings. The summed E-state index contributed by atoms with van der Waals surface area (Å²) in [6.07, 6.45) is 1.88. The van der Waals surface area contributed by atoms with Crippen LogP contribution in [0.15, 0.2) is 47.0 Å². The van der Waals surface area contributed by atoms with Crippen molar-refractivity contribution >= 4 is 5.91 Å². The highest BCUT2D eigenvalue weighted by atomic mass is 16.5. The van der Waals surface area contributed by atoms with Crippen LogP contribution in [0, 0.1) is 26.7 Å². The molecule has 2 unspecified atom stereocenters. The molecular weight excluding hydrogens is 400 g/mol. The highest BCUT2D eigenvalue weighted by molar-refractivity contribution is 5.79. The van der Waals surface area contributed by atoms with Crippen LogP contribution in [-0.2, 0) is 11.3 Å². The monoisotopic (exact) mass is 432 g/mol. The van der Waals surface area contributed by atoms with Crippen molar-refractivity contribution in [3.05, 3.63) is 70.6 Å². The van der Waals surface area contributed by atoms with E-state index < -0.39 is 0 Å². The van der Waals surface area contributed by atoms with Crippen LogP contribution in [0.3, 0.4) is 0 Å². The van der Waals surface area contributed by atoms with E-state index in [1.807, 2.05) is 38.1 Å². The summed E-state index contributed by atoms with van der Waals surface area (Å²) in [6.45, 7) is 10.5. The van der Waals surface area contributed by atoms with Crippen molar-refractivity contribution < 1.29 is 9.32 Å². The van der Waals surface area contributed by atoms with Gasteiger partial charge in [0.2, 0.25) is 17.6 Å². The van der Waals surface area contributed by atoms with Crippen molar-refractivity contribution in [1.82, 2.24) is 20.4 Å². The molecule has 2 atom stereocenters. The van der Waals surface area contributed by atoms with Crippen LogP contribution in [-0.4, -0.2) is 34.0 Å². The third kappa shape index (κ3) is 5.25. The Morgan fingerprint density at radius 2 is 2.03 bits per heavy atom. The van der Waals surface area contributed by atoms with E-state index in [2.05, 4.69) is 52.4 Å². The summed E-state index contributed by atoms with van der Waals surface area (Å²) >= 11 is 0. The van der Waals surface area contributed by atoms with Gasteiger partial charge in [-0.1, -0.05) is 47.1 Å². The molecule has 4 rings (SSSR count). The lowest BCUT2D eigenvalue weighted by atomic mass is 9.96. The first kappa shape index (κ1) is 22.2. The number of aryl methyl sites for hydroxylation is 3. The molecule has 1 aliphatic heterocycles. The number of carbonyl (C=O) groups is 1. The standard InChI is InChI=1S/C26H32N4O2/c1-17-7-5-8-22(13-17)25-28-24(32-29-25)16-30-12-6-9-23(15-30)26(31)27-20(4)21-11-10-18(2)19(3)14-21/h5,7-8,10-11,13-14,20,23H,6,9,12,15-16H2,1-4H3,(H,27,31). The summed E-state index contributed by atoms with van der Waals surface area (Å²) < 4.78 is 5.50. The van der Waals surface area contributed by atoms with Crippen molar-refractivity contribution in [1.29, 1.82) is 0 Å².